The third kappa shape index (κ3) is 3.71. The Labute approximate surface area is 79.8 Å². The van der Waals surface area contributed by atoms with Gasteiger partial charge in [0.2, 0.25) is 10.0 Å². The van der Waals surface area contributed by atoms with E-state index in [9.17, 15) is 8.42 Å². The zero-order valence-electron chi connectivity index (χ0n) is 7.12. The fourth-order valence-electron chi connectivity index (χ4n) is 1.15. The minimum Gasteiger partial charge on any atom is -0.315 e. The molecule has 1 N–H and O–H groups in total. The Bertz CT molecular complexity index is 210. The van der Waals surface area contributed by atoms with E-state index in [1.54, 1.807) is 0 Å². The lowest BCUT2D eigenvalue weighted by molar-refractivity contribution is 0.436. The highest BCUT2D eigenvalue weighted by Crippen LogP contribution is 2.00. The first-order valence-corrected chi connectivity index (χ1v) is 5.61. The topological polar surface area (TPSA) is 49.4 Å². The van der Waals surface area contributed by atoms with E-state index >= 15 is 0 Å². The number of halogens is 1. The van der Waals surface area contributed by atoms with E-state index in [0.29, 0.717) is 13.1 Å². The van der Waals surface area contributed by atoms with E-state index in [0.717, 1.165) is 19.5 Å². The minimum atomic E-state index is -2.96. The van der Waals surface area contributed by atoms with E-state index in [4.69, 9.17) is 0 Å². The summed E-state index contributed by atoms with van der Waals surface area (Å²) in [5, 5.41) is 3.14. The van der Waals surface area contributed by atoms with Gasteiger partial charge in [0, 0.05) is 19.6 Å². The summed E-state index contributed by atoms with van der Waals surface area (Å²) in [4.78, 5) is 0. The van der Waals surface area contributed by atoms with Gasteiger partial charge in [0.05, 0.1) is 6.26 Å². The van der Waals surface area contributed by atoms with E-state index in [1.807, 2.05) is 0 Å². The van der Waals surface area contributed by atoms with Crippen LogP contribution in [0.1, 0.15) is 6.42 Å². The lowest BCUT2D eigenvalue weighted by Gasteiger charge is -2.15. The molecular formula is C6H15ClN2O2S. The zero-order valence-corrected chi connectivity index (χ0v) is 8.75. The maximum Gasteiger partial charge on any atom is 0.211 e. The standard InChI is InChI=1S/C6H14N2O2S.ClH/c1-11(9,10)8-5-2-3-7-4-6-8;/h7H,2-6H2,1H3;1H. The van der Waals surface area contributed by atoms with Crippen LogP contribution in [-0.2, 0) is 10.0 Å². The van der Waals surface area contributed by atoms with Gasteiger partial charge in [-0.3, -0.25) is 0 Å². The summed E-state index contributed by atoms with van der Waals surface area (Å²) in [6.07, 6.45) is 2.17. The van der Waals surface area contributed by atoms with Crippen molar-refractivity contribution in [2.45, 2.75) is 6.42 Å². The first kappa shape index (κ1) is 12.2. The minimum absolute atomic E-state index is 0. The smallest absolute Gasteiger partial charge is 0.211 e. The Balaban J connectivity index is 0.00000121. The van der Waals surface area contributed by atoms with Crippen LogP contribution in [0.25, 0.3) is 0 Å². The maximum atomic E-state index is 11.0. The van der Waals surface area contributed by atoms with Gasteiger partial charge >= 0.3 is 0 Å². The molecule has 74 valence electrons. The summed E-state index contributed by atoms with van der Waals surface area (Å²) >= 11 is 0. The van der Waals surface area contributed by atoms with Crippen LogP contribution in [0.2, 0.25) is 0 Å². The Kier molecular flexibility index (Phi) is 5.08. The molecule has 12 heavy (non-hydrogen) atoms. The molecule has 0 radical (unpaired) electrons. The van der Waals surface area contributed by atoms with Crippen LogP contribution >= 0.6 is 12.4 Å². The van der Waals surface area contributed by atoms with Crippen molar-refractivity contribution in [3.8, 4) is 0 Å². The molecule has 0 aromatic rings. The number of nitrogens with zero attached hydrogens (tertiary/aromatic N) is 1. The highest BCUT2D eigenvalue weighted by molar-refractivity contribution is 7.88. The van der Waals surface area contributed by atoms with Crippen molar-refractivity contribution in [3.63, 3.8) is 0 Å². The fourth-order valence-corrected chi connectivity index (χ4v) is 2.04. The Hall–Kier alpha value is 0.160. The molecule has 0 aromatic heterocycles. The molecule has 0 saturated carbocycles. The van der Waals surface area contributed by atoms with Gasteiger partial charge in [-0.25, -0.2) is 12.7 Å². The van der Waals surface area contributed by atoms with E-state index in [-0.39, 0.29) is 12.4 Å². The molecule has 0 amide bonds. The summed E-state index contributed by atoms with van der Waals surface area (Å²) in [5.74, 6) is 0. The van der Waals surface area contributed by atoms with Crippen molar-refractivity contribution in [1.82, 2.24) is 9.62 Å². The number of rotatable bonds is 1. The van der Waals surface area contributed by atoms with Gasteiger partial charge in [-0.1, -0.05) is 0 Å². The summed E-state index contributed by atoms with van der Waals surface area (Å²) in [6.45, 7) is 2.96. The predicted molar refractivity (Wildman–Crippen MR) is 51.2 cm³/mol. The predicted octanol–water partition coefficient (Wildman–Crippen LogP) is -0.337. The van der Waals surface area contributed by atoms with E-state index in [2.05, 4.69) is 5.32 Å². The van der Waals surface area contributed by atoms with Gasteiger partial charge in [0.15, 0.2) is 0 Å². The molecule has 1 heterocycles. The molecule has 0 unspecified atom stereocenters. The van der Waals surface area contributed by atoms with Crippen molar-refractivity contribution in [3.05, 3.63) is 0 Å². The van der Waals surface area contributed by atoms with Gasteiger partial charge in [-0.15, -0.1) is 12.4 Å². The molecule has 1 rings (SSSR count). The second-order valence-corrected chi connectivity index (χ2v) is 4.75. The average Bonchev–Trinajstić information content (AvgIpc) is 2.10. The molecular weight excluding hydrogens is 200 g/mol. The Morgan fingerprint density at radius 2 is 1.92 bits per heavy atom. The second kappa shape index (κ2) is 5.01. The van der Waals surface area contributed by atoms with Crippen LogP contribution in [0.4, 0.5) is 0 Å². The van der Waals surface area contributed by atoms with Crippen LogP contribution in [0.5, 0.6) is 0 Å². The van der Waals surface area contributed by atoms with Crippen LogP contribution in [0, 0.1) is 0 Å². The Morgan fingerprint density at radius 3 is 2.50 bits per heavy atom. The van der Waals surface area contributed by atoms with Gasteiger partial charge in [0.1, 0.15) is 0 Å². The van der Waals surface area contributed by atoms with E-state index < -0.39 is 10.0 Å². The van der Waals surface area contributed by atoms with Crippen LogP contribution in [0.3, 0.4) is 0 Å². The molecule has 1 aliphatic heterocycles. The second-order valence-electron chi connectivity index (χ2n) is 2.77. The van der Waals surface area contributed by atoms with Crippen molar-refractivity contribution in [1.29, 1.82) is 0 Å². The first-order valence-electron chi connectivity index (χ1n) is 3.76. The summed E-state index contributed by atoms with van der Waals surface area (Å²) in [6, 6.07) is 0. The van der Waals surface area contributed by atoms with Crippen molar-refractivity contribution in [2.24, 2.45) is 0 Å². The van der Waals surface area contributed by atoms with Gasteiger partial charge in [-0.05, 0) is 13.0 Å². The lowest BCUT2D eigenvalue weighted by atomic mass is 10.4. The highest BCUT2D eigenvalue weighted by Gasteiger charge is 2.16. The number of hydrogen-bond acceptors (Lipinski definition) is 3. The van der Waals surface area contributed by atoms with Gasteiger partial charge < -0.3 is 5.32 Å². The van der Waals surface area contributed by atoms with Gasteiger partial charge in [-0.2, -0.15) is 0 Å². The SMILES string of the molecule is CS(=O)(=O)N1CCCNCC1.Cl. The molecule has 0 aromatic carbocycles. The molecule has 1 aliphatic rings. The largest absolute Gasteiger partial charge is 0.315 e. The molecule has 0 spiro atoms. The maximum absolute atomic E-state index is 11.0. The van der Waals surface area contributed by atoms with Crippen molar-refractivity contribution < 1.29 is 8.42 Å². The number of nitrogens with one attached hydrogen (secondary N) is 1. The van der Waals surface area contributed by atoms with Crippen LogP contribution in [-0.4, -0.2) is 45.2 Å². The molecule has 0 aliphatic carbocycles. The first-order chi connectivity index (χ1) is 5.11. The molecule has 0 atom stereocenters. The lowest BCUT2D eigenvalue weighted by Crippen LogP contribution is -2.33. The zero-order chi connectivity index (χ0) is 8.32. The third-order valence-corrected chi connectivity index (χ3v) is 3.07. The summed E-state index contributed by atoms with van der Waals surface area (Å²) in [7, 11) is -2.96. The summed E-state index contributed by atoms with van der Waals surface area (Å²) < 4.78 is 23.6. The number of sulfonamides is 1. The molecule has 6 heteroatoms. The highest BCUT2D eigenvalue weighted by atomic mass is 35.5. The van der Waals surface area contributed by atoms with Crippen LogP contribution < -0.4 is 5.32 Å². The fraction of sp³-hybridized carbons (Fsp3) is 1.00. The van der Waals surface area contributed by atoms with Crippen molar-refractivity contribution in [2.75, 3.05) is 32.4 Å². The van der Waals surface area contributed by atoms with Crippen molar-refractivity contribution >= 4 is 22.4 Å². The third-order valence-electron chi connectivity index (χ3n) is 1.77. The number of hydrogen-bond donors (Lipinski definition) is 1. The quantitative estimate of drug-likeness (QED) is 0.650. The normalized spacial score (nSPS) is 21.1. The molecule has 4 nitrogen and oxygen atoms in total. The van der Waals surface area contributed by atoms with Crippen LogP contribution in [0.15, 0.2) is 0 Å². The van der Waals surface area contributed by atoms with Gasteiger partial charge in [0.25, 0.3) is 0 Å². The molecule has 1 fully saturated rings. The molecule has 0 bridgehead atoms. The Morgan fingerprint density at radius 1 is 1.25 bits per heavy atom. The van der Waals surface area contributed by atoms with E-state index in [1.165, 1.54) is 10.6 Å². The average molecular weight is 215 g/mol. The monoisotopic (exact) mass is 214 g/mol. The summed E-state index contributed by atoms with van der Waals surface area (Å²) in [5.41, 5.74) is 0. The molecule has 1 saturated heterocycles.